The SMILES string of the molecule is Cc1ccccc1S(=O)(=O)NCc1ccc([N+](=O)[O-])cc1. The van der Waals surface area contributed by atoms with E-state index in [1.165, 1.54) is 30.3 Å². The van der Waals surface area contributed by atoms with Crippen LogP contribution < -0.4 is 4.72 Å². The molecule has 0 aliphatic rings. The fraction of sp³-hybridized carbons (Fsp3) is 0.143. The number of hydrogen-bond acceptors (Lipinski definition) is 4. The molecule has 0 aliphatic carbocycles. The summed E-state index contributed by atoms with van der Waals surface area (Å²) in [6.07, 6.45) is 0. The number of benzene rings is 2. The van der Waals surface area contributed by atoms with Crippen molar-refractivity contribution in [2.75, 3.05) is 0 Å². The summed E-state index contributed by atoms with van der Waals surface area (Å²) in [4.78, 5) is 10.3. The Kier molecular flexibility index (Phi) is 4.35. The standard InChI is InChI=1S/C14H14N2O4S/c1-11-4-2-3-5-14(11)21(19,20)15-10-12-6-8-13(9-7-12)16(17)18/h2-9,15H,10H2,1H3. The van der Waals surface area contributed by atoms with E-state index in [-0.39, 0.29) is 17.1 Å². The molecule has 21 heavy (non-hydrogen) atoms. The maximum Gasteiger partial charge on any atom is 0.269 e. The molecule has 0 heterocycles. The monoisotopic (exact) mass is 306 g/mol. The molecular formula is C14H14N2O4S. The minimum absolute atomic E-state index is 0.0273. The third-order valence-electron chi connectivity index (χ3n) is 3.00. The van der Waals surface area contributed by atoms with E-state index in [0.29, 0.717) is 11.1 Å². The van der Waals surface area contributed by atoms with Crippen LogP contribution in [0.1, 0.15) is 11.1 Å². The molecule has 6 nitrogen and oxygen atoms in total. The maximum atomic E-state index is 12.2. The van der Waals surface area contributed by atoms with Crippen LogP contribution >= 0.6 is 0 Å². The Hall–Kier alpha value is -2.25. The smallest absolute Gasteiger partial charge is 0.258 e. The lowest BCUT2D eigenvalue weighted by Crippen LogP contribution is -2.23. The number of hydrogen-bond donors (Lipinski definition) is 1. The fourth-order valence-electron chi connectivity index (χ4n) is 1.85. The Morgan fingerprint density at radius 1 is 1.10 bits per heavy atom. The molecule has 0 aromatic heterocycles. The molecule has 2 aromatic carbocycles. The van der Waals surface area contributed by atoms with Gasteiger partial charge in [-0.3, -0.25) is 10.1 Å². The van der Waals surface area contributed by atoms with E-state index in [9.17, 15) is 18.5 Å². The van der Waals surface area contributed by atoms with Crippen molar-refractivity contribution in [2.24, 2.45) is 0 Å². The topological polar surface area (TPSA) is 89.3 Å². The zero-order valence-electron chi connectivity index (χ0n) is 11.3. The minimum atomic E-state index is -3.60. The number of nitrogens with zero attached hydrogens (tertiary/aromatic N) is 1. The van der Waals surface area contributed by atoms with E-state index < -0.39 is 14.9 Å². The highest BCUT2D eigenvalue weighted by molar-refractivity contribution is 7.89. The second kappa shape index (κ2) is 6.02. The van der Waals surface area contributed by atoms with Crippen molar-refractivity contribution in [3.8, 4) is 0 Å². The molecule has 0 saturated carbocycles. The highest BCUT2D eigenvalue weighted by atomic mass is 32.2. The van der Waals surface area contributed by atoms with Gasteiger partial charge in [0.05, 0.1) is 9.82 Å². The molecule has 0 aliphatic heterocycles. The van der Waals surface area contributed by atoms with Gasteiger partial charge < -0.3 is 0 Å². The minimum Gasteiger partial charge on any atom is -0.258 e. The maximum absolute atomic E-state index is 12.2. The Balaban J connectivity index is 2.12. The summed E-state index contributed by atoms with van der Waals surface area (Å²) in [5.74, 6) is 0. The Morgan fingerprint density at radius 3 is 2.29 bits per heavy atom. The average Bonchev–Trinajstić information content (AvgIpc) is 2.46. The van der Waals surface area contributed by atoms with E-state index in [0.717, 1.165) is 0 Å². The van der Waals surface area contributed by atoms with Gasteiger partial charge in [-0.25, -0.2) is 13.1 Å². The van der Waals surface area contributed by atoms with Crippen LogP contribution in [0.5, 0.6) is 0 Å². The second-order valence-electron chi connectivity index (χ2n) is 4.51. The largest absolute Gasteiger partial charge is 0.269 e. The number of nitro groups is 1. The van der Waals surface area contributed by atoms with E-state index in [1.807, 2.05) is 0 Å². The molecule has 0 unspecified atom stereocenters. The number of non-ortho nitro benzene ring substituents is 1. The van der Waals surface area contributed by atoms with E-state index in [4.69, 9.17) is 0 Å². The molecule has 1 N–H and O–H groups in total. The van der Waals surface area contributed by atoms with Crippen molar-refractivity contribution in [2.45, 2.75) is 18.4 Å². The first-order chi connectivity index (χ1) is 9.90. The highest BCUT2D eigenvalue weighted by Gasteiger charge is 2.15. The molecule has 2 rings (SSSR count). The summed E-state index contributed by atoms with van der Waals surface area (Å²) >= 11 is 0. The first-order valence-corrected chi connectivity index (χ1v) is 7.67. The lowest BCUT2D eigenvalue weighted by molar-refractivity contribution is -0.384. The molecule has 0 amide bonds. The van der Waals surface area contributed by atoms with Gasteiger partial charge in [0.1, 0.15) is 0 Å². The van der Waals surface area contributed by atoms with Gasteiger partial charge in [0.15, 0.2) is 0 Å². The van der Waals surface area contributed by atoms with Gasteiger partial charge in [-0.15, -0.1) is 0 Å². The normalized spacial score (nSPS) is 11.3. The third kappa shape index (κ3) is 3.65. The third-order valence-corrected chi connectivity index (χ3v) is 4.56. The Bertz CT molecular complexity index is 755. The van der Waals surface area contributed by atoms with E-state index in [2.05, 4.69) is 4.72 Å². The van der Waals surface area contributed by atoms with E-state index >= 15 is 0 Å². The molecule has 2 aromatic rings. The average molecular weight is 306 g/mol. The van der Waals surface area contributed by atoms with Crippen molar-refractivity contribution >= 4 is 15.7 Å². The van der Waals surface area contributed by atoms with E-state index in [1.54, 1.807) is 25.1 Å². The van der Waals surface area contributed by atoms with Crippen LogP contribution in [0.15, 0.2) is 53.4 Å². The number of nitro benzene ring substituents is 1. The predicted octanol–water partition coefficient (Wildman–Crippen LogP) is 2.38. The summed E-state index contributed by atoms with van der Waals surface area (Å²) in [5, 5.41) is 10.5. The van der Waals surface area contributed by atoms with Crippen LogP contribution in [0.3, 0.4) is 0 Å². The highest BCUT2D eigenvalue weighted by Crippen LogP contribution is 2.15. The summed E-state index contributed by atoms with van der Waals surface area (Å²) in [6, 6.07) is 12.4. The van der Waals surface area contributed by atoms with Crippen molar-refractivity contribution in [3.05, 3.63) is 69.8 Å². The van der Waals surface area contributed by atoms with Crippen LogP contribution in [0.25, 0.3) is 0 Å². The first-order valence-electron chi connectivity index (χ1n) is 6.19. The number of nitrogens with one attached hydrogen (secondary N) is 1. The van der Waals surface area contributed by atoms with Gasteiger partial charge >= 0.3 is 0 Å². The molecule has 7 heteroatoms. The summed E-state index contributed by atoms with van der Waals surface area (Å²) in [7, 11) is -3.60. The zero-order valence-corrected chi connectivity index (χ0v) is 12.1. The second-order valence-corrected chi connectivity index (χ2v) is 6.25. The summed E-state index contributed by atoms with van der Waals surface area (Å²) in [5.41, 5.74) is 1.28. The molecule has 0 bridgehead atoms. The van der Waals surface area contributed by atoms with Gasteiger partial charge in [0.2, 0.25) is 10.0 Å². The number of rotatable bonds is 5. The van der Waals surface area contributed by atoms with Crippen molar-refractivity contribution in [1.29, 1.82) is 0 Å². The predicted molar refractivity (Wildman–Crippen MR) is 78.3 cm³/mol. The van der Waals surface area contributed by atoms with Gasteiger partial charge in [0.25, 0.3) is 5.69 Å². The molecular weight excluding hydrogens is 292 g/mol. The van der Waals surface area contributed by atoms with Gasteiger partial charge in [-0.2, -0.15) is 0 Å². The Morgan fingerprint density at radius 2 is 1.71 bits per heavy atom. The first kappa shape index (κ1) is 15.1. The van der Waals surface area contributed by atoms with Crippen LogP contribution in [0.2, 0.25) is 0 Å². The summed E-state index contributed by atoms with van der Waals surface area (Å²) in [6.45, 7) is 1.80. The zero-order chi connectivity index (χ0) is 15.5. The number of aryl methyl sites for hydroxylation is 1. The van der Waals surface area contributed by atoms with Crippen LogP contribution in [0, 0.1) is 17.0 Å². The van der Waals surface area contributed by atoms with Crippen LogP contribution in [-0.4, -0.2) is 13.3 Å². The van der Waals surface area contributed by atoms with Gasteiger partial charge in [-0.05, 0) is 24.1 Å². The molecule has 0 fully saturated rings. The van der Waals surface area contributed by atoms with Crippen LogP contribution in [0.4, 0.5) is 5.69 Å². The van der Waals surface area contributed by atoms with Gasteiger partial charge in [-0.1, -0.05) is 30.3 Å². The van der Waals surface area contributed by atoms with Crippen molar-refractivity contribution < 1.29 is 13.3 Å². The van der Waals surface area contributed by atoms with Gasteiger partial charge in [0, 0.05) is 18.7 Å². The fourth-order valence-corrected chi connectivity index (χ4v) is 3.11. The summed E-state index contributed by atoms with van der Waals surface area (Å²) < 4.78 is 26.8. The molecule has 110 valence electrons. The molecule has 0 spiro atoms. The van der Waals surface area contributed by atoms with Crippen molar-refractivity contribution in [3.63, 3.8) is 0 Å². The van der Waals surface area contributed by atoms with Crippen LogP contribution in [-0.2, 0) is 16.6 Å². The molecule has 0 atom stereocenters. The lowest BCUT2D eigenvalue weighted by Gasteiger charge is -2.09. The lowest BCUT2D eigenvalue weighted by atomic mass is 10.2. The molecule has 0 saturated heterocycles. The quantitative estimate of drug-likeness (QED) is 0.678. The van der Waals surface area contributed by atoms with Crippen molar-refractivity contribution in [1.82, 2.24) is 4.72 Å². The Labute approximate surface area is 122 Å². The number of sulfonamides is 1. The molecule has 0 radical (unpaired) electrons.